The number of carbonyl (C=O) groups is 2. The predicted molar refractivity (Wildman–Crippen MR) is 29.2 cm³/mol. The van der Waals surface area contributed by atoms with Crippen LogP contribution in [0.4, 0.5) is 17.9 Å². The second kappa shape index (κ2) is 6.17. The quantitative estimate of drug-likeness (QED) is 0.541. The number of aliphatic carboxylic acids is 2. The normalized spacial score (nSPS) is 9.85. The Hall–Kier alpha value is -1.38. The number of hydrogen-bond acceptors (Lipinski definition) is 2. The van der Waals surface area contributed by atoms with Gasteiger partial charge in [0.1, 0.15) is 17.9 Å². The Balaban J connectivity index is 0. The molecule has 0 radical (unpaired) electrons. The van der Waals surface area contributed by atoms with Crippen molar-refractivity contribution < 1.29 is 43.1 Å². The maximum absolute atomic E-state index is 9.64. The van der Waals surface area contributed by atoms with E-state index in [1.54, 1.807) is 0 Å². The van der Waals surface area contributed by atoms with Crippen LogP contribution in [0.1, 0.15) is 12.8 Å². The van der Waals surface area contributed by atoms with Gasteiger partial charge in [-0.2, -0.15) is 0 Å². The van der Waals surface area contributed by atoms with Crippen LogP contribution in [0.3, 0.4) is 0 Å². The van der Waals surface area contributed by atoms with Gasteiger partial charge < -0.3 is 10.2 Å². The van der Waals surface area contributed by atoms with Gasteiger partial charge in [-0.3, -0.25) is 9.59 Å². The van der Waals surface area contributed by atoms with E-state index in [0.29, 0.717) is 0 Å². The van der Waals surface area contributed by atoms with Crippen molar-refractivity contribution in [2.75, 3.05) is 0 Å². The highest BCUT2D eigenvalue weighted by atomic mass is 19.7. The molecular formula is C4H6F4NO4+. The number of halogens is 4. The van der Waals surface area contributed by atoms with E-state index in [2.05, 4.69) is 0 Å². The summed E-state index contributed by atoms with van der Waals surface area (Å²) in [5, 5.41) is 10.8. The number of carboxylic acids is 2. The van der Waals surface area contributed by atoms with E-state index in [1.165, 1.54) is 0 Å². The molecule has 0 bridgehead atoms. The minimum absolute atomic E-state index is 0.296. The average molecular weight is 208 g/mol. The molecule has 0 aliphatic rings. The van der Waals surface area contributed by atoms with Crippen molar-refractivity contribution in [3.8, 4) is 0 Å². The maximum Gasteiger partial charge on any atom is 0.440 e. The van der Waals surface area contributed by atoms with Gasteiger partial charge in [-0.15, -0.1) is 0 Å². The summed E-state index contributed by atoms with van der Waals surface area (Å²) in [6.45, 7) is 0. The fourth-order valence-corrected chi connectivity index (χ4v) is 0.214. The standard InChI is InChI=1S/C4H6O4.F4N/c5-3(6)1-2-4(7)8;1-5(2,3)4/h1-2H2,(H,5,6)(H,7,8);/q;+1. The molecule has 0 saturated carbocycles. The fraction of sp³-hybridized carbons (Fsp3) is 0.500. The highest BCUT2D eigenvalue weighted by Crippen LogP contribution is 2.08. The monoisotopic (exact) mass is 208 g/mol. The smallest absolute Gasteiger partial charge is 0.440 e. The van der Waals surface area contributed by atoms with E-state index in [9.17, 15) is 27.5 Å². The van der Waals surface area contributed by atoms with Gasteiger partial charge in [0.05, 0.1) is 12.8 Å². The molecule has 0 unspecified atom stereocenters. The molecule has 0 aromatic rings. The van der Waals surface area contributed by atoms with Gasteiger partial charge in [-0.05, 0) is 0 Å². The first kappa shape index (κ1) is 14.2. The lowest BCUT2D eigenvalue weighted by molar-refractivity contribution is -1.36. The molecule has 9 heteroatoms. The van der Waals surface area contributed by atoms with Crippen LogP contribution >= 0.6 is 0 Å². The van der Waals surface area contributed by atoms with Crippen molar-refractivity contribution in [3.05, 3.63) is 0 Å². The SMILES string of the molecule is F[N+](F)(F)F.O=C(O)CCC(=O)O. The summed E-state index contributed by atoms with van der Waals surface area (Å²) in [6.07, 6.45) is -0.593. The summed E-state index contributed by atoms with van der Waals surface area (Å²) in [7, 11) is 0. The van der Waals surface area contributed by atoms with Crippen molar-refractivity contribution in [2.24, 2.45) is 0 Å². The summed E-state index contributed by atoms with van der Waals surface area (Å²) in [5.74, 6) is -2.15. The third-order valence-electron chi connectivity index (χ3n) is 0.553. The molecule has 0 aliphatic heterocycles. The largest absolute Gasteiger partial charge is 0.481 e. The van der Waals surface area contributed by atoms with Crippen LogP contribution < -0.4 is 0 Å². The molecule has 0 amide bonds. The Morgan fingerprint density at radius 3 is 1.15 bits per heavy atom. The topological polar surface area (TPSA) is 74.6 Å². The predicted octanol–water partition coefficient (Wildman–Crippen LogP) is 1.28. The molecule has 0 aromatic heterocycles. The zero-order valence-corrected chi connectivity index (χ0v) is 6.08. The van der Waals surface area contributed by atoms with Crippen LogP contribution in [0.25, 0.3) is 0 Å². The van der Waals surface area contributed by atoms with E-state index in [4.69, 9.17) is 10.2 Å². The molecule has 13 heavy (non-hydrogen) atoms. The summed E-state index contributed by atoms with van der Waals surface area (Å²) in [5.41, 5.74) is 0. The number of rotatable bonds is 3. The minimum Gasteiger partial charge on any atom is -0.481 e. The van der Waals surface area contributed by atoms with Gasteiger partial charge in [0.2, 0.25) is 0 Å². The van der Waals surface area contributed by atoms with Crippen LogP contribution in [-0.2, 0) is 9.59 Å². The number of carboxylic acid groups (broad SMARTS) is 2. The Morgan fingerprint density at radius 1 is 0.923 bits per heavy atom. The lowest BCUT2D eigenvalue weighted by atomic mass is 10.3. The van der Waals surface area contributed by atoms with Crippen LogP contribution in [0.5, 0.6) is 0 Å². The summed E-state index contributed by atoms with van der Waals surface area (Å²) in [6, 6.07) is 0. The van der Waals surface area contributed by atoms with Crippen molar-refractivity contribution in [2.45, 2.75) is 12.8 Å². The van der Waals surface area contributed by atoms with Crippen molar-refractivity contribution in [1.82, 2.24) is 0 Å². The molecule has 0 rings (SSSR count). The van der Waals surface area contributed by atoms with Crippen LogP contribution in [0.15, 0.2) is 0 Å². The van der Waals surface area contributed by atoms with Gasteiger partial charge in [0.15, 0.2) is 0 Å². The van der Waals surface area contributed by atoms with E-state index >= 15 is 0 Å². The molecule has 0 fully saturated rings. The second-order valence-corrected chi connectivity index (χ2v) is 1.67. The lowest BCUT2D eigenvalue weighted by Gasteiger charge is -1.85. The first-order chi connectivity index (χ1) is 5.63. The molecule has 5 nitrogen and oxygen atoms in total. The van der Waals surface area contributed by atoms with Crippen LogP contribution in [0.2, 0.25) is 0 Å². The molecule has 2 N–H and O–H groups in total. The Labute approximate surface area is 69.1 Å². The molecular weight excluding hydrogens is 202 g/mol. The number of hydrogen-bond donors (Lipinski definition) is 2. The Bertz CT molecular complexity index is 159. The molecule has 0 aliphatic carbocycles. The van der Waals surface area contributed by atoms with Crippen molar-refractivity contribution in [1.29, 1.82) is 0 Å². The van der Waals surface area contributed by atoms with E-state index in [-0.39, 0.29) is 12.8 Å². The van der Waals surface area contributed by atoms with E-state index in [1.807, 2.05) is 0 Å². The highest BCUT2D eigenvalue weighted by Gasteiger charge is 2.30. The number of quaternary nitrogens is 1. The van der Waals surface area contributed by atoms with Gasteiger partial charge in [-0.1, -0.05) is 0 Å². The van der Waals surface area contributed by atoms with Crippen LogP contribution in [0, 0.1) is 0 Å². The van der Waals surface area contributed by atoms with E-state index in [0.717, 1.165) is 0 Å². The molecule has 0 spiro atoms. The van der Waals surface area contributed by atoms with Crippen molar-refractivity contribution in [3.63, 3.8) is 0 Å². The third kappa shape index (κ3) is 60.2. The lowest BCUT2D eigenvalue weighted by Crippen LogP contribution is -2.00. The molecule has 0 atom stereocenters. The summed E-state index contributed by atoms with van der Waals surface area (Å²) >= 11 is 0. The van der Waals surface area contributed by atoms with Gasteiger partial charge >= 0.3 is 17.3 Å². The third-order valence-corrected chi connectivity index (χ3v) is 0.553. The van der Waals surface area contributed by atoms with Crippen LogP contribution in [-0.4, -0.2) is 27.5 Å². The first-order valence-corrected chi connectivity index (χ1v) is 2.74. The highest BCUT2D eigenvalue weighted by molar-refractivity contribution is 5.75. The minimum atomic E-state index is -5.00. The molecule has 0 saturated heterocycles. The van der Waals surface area contributed by atoms with E-state index < -0.39 is 17.3 Å². The summed E-state index contributed by atoms with van der Waals surface area (Å²) in [4.78, 5) is 19.3. The zero-order chi connectivity index (χ0) is 11.1. The van der Waals surface area contributed by atoms with Gasteiger partial charge in [0, 0.05) is 0 Å². The maximum atomic E-state index is 9.64. The Kier molecular flexibility index (Phi) is 6.72. The zero-order valence-electron chi connectivity index (χ0n) is 6.08. The Morgan fingerprint density at radius 2 is 1.08 bits per heavy atom. The van der Waals surface area contributed by atoms with Gasteiger partial charge in [0.25, 0.3) is 0 Å². The first-order valence-electron chi connectivity index (χ1n) is 2.74. The second-order valence-electron chi connectivity index (χ2n) is 1.67. The molecule has 0 aromatic carbocycles. The van der Waals surface area contributed by atoms with Crippen molar-refractivity contribution >= 4 is 11.9 Å². The molecule has 78 valence electrons. The number of nitrogens with zero attached hydrogens (tertiary/aromatic N) is 1. The molecule has 0 heterocycles. The fourth-order valence-electron chi connectivity index (χ4n) is 0.214. The van der Waals surface area contributed by atoms with Gasteiger partial charge in [-0.25, -0.2) is 0 Å². The summed E-state index contributed by atoms with van der Waals surface area (Å²) < 4.78 is 38.5. The average Bonchev–Trinajstić information content (AvgIpc) is 1.79.